The Hall–Kier alpha value is -4.04. The number of urea groups is 1. The minimum absolute atomic E-state index is 0.115. The van der Waals surface area contributed by atoms with Crippen molar-refractivity contribution in [1.29, 1.82) is 0 Å². The highest BCUT2D eigenvalue weighted by Crippen LogP contribution is 2.42. The summed E-state index contributed by atoms with van der Waals surface area (Å²) in [5, 5.41) is 4.43. The van der Waals surface area contributed by atoms with E-state index in [1.165, 1.54) is 10.8 Å². The summed E-state index contributed by atoms with van der Waals surface area (Å²) in [7, 11) is -1.42. The van der Waals surface area contributed by atoms with Crippen molar-refractivity contribution in [2.45, 2.75) is 45.0 Å². The van der Waals surface area contributed by atoms with Crippen LogP contribution in [0.1, 0.15) is 11.1 Å². The van der Waals surface area contributed by atoms with Crippen LogP contribution in [0.15, 0.2) is 55.1 Å². The molecule has 4 aromatic rings. The molecule has 0 unspecified atom stereocenters. The van der Waals surface area contributed by atoms with Crippen molar-refractivity contribution in [2.24, 2.45) is 0 Å². The predicted octanol–water partition coefficient (Wildman–Crippen LogP) is 7.20. The Morgan fingerprint density at radius 2 is 1.74 bits per heavy atom. The molecule has 3 heterocycles. The molecule has 0 bridgehead atoms. The number of halogens is 5. The zero-order valence-electron chi connectivity index (χ0n) is 23.2. The first-order chi connectivity index (χ1) is 19.8. The fraction of sp³-hybridized carbons (Fsp3) is 0.321. The molecule has 8 nitrogen and oxygen atoms in total. The van der Waals surface area contributed by atoms with Gasteiger partial charge in [-0.05, 0) is 36.2 Å². The molecule has 42 heavy (non-hydrogen) atoms. The molecule has 0 fully saturated rings. The highest BCUT2D eigenvalue weighted by atomic mass is 28.3. The van der Waals surface area contributed by atoms with Gasteiger partial charge in [0.05, 0.1) is 10.9 Å². The van der Waals surface area contributed by atoms with Gasteiger partial charge in [0.2, 0.25) is 0 Å². The number of amides is 2. The van der Waals surface area contributed by atoms with E-state index < -0.39 is 54.4 Å². The molecule has 0 atom stereocenters. The van der Waals surface area contributed by atoms with Crippen LogP contribution >= 0.6 is 0 Å². The minimum atomic E-state index is -4.81. The molecule has 0 aliphatic heterocycles. The average Bonchev–Trinajstić information content (AvgIpc) is 3.29. The van der Waals surface area contributed by atoms with Gasteiger partial charge in [0.25, 0.3) is 0 Å². The van der Waals surface area contributed by atoms with Gasteiger partial charge >= 0.3 is 12.2 Å². The van der Waals surface area contributed by atoms with Crippen LogP contribution in [-0.4, -0.2) is 41.8 Å². The van der Waals surface area contributed by atoms with Gasteiger partial charge in [0.15, 0.2) is 17.4 Å². The number of ether oxygens (including phenoxy) is 2. The van der Waals surface area contributed by atoms with Crippen molar-refractivity contribution in [3.63, 3.8) is 0 Å². The van der Waals surface area contributed by atoms with E-state index in [4.69, 9.17) is 9.47 Å². The molecule has 4 rings (SSSR count). The Bertz CT molecular complexity index is 1520. The van der Waals surface area contributed by atoms with Gasteiger partial charge in [-0.25, -0.2) is 18.6 Å². The zero-order valence-corrected chi connectivity index (χ0v) is 24.2. The number of alkyl halides is 3. The van der Waals surface area contributed by atoms with Crippen molar-refractivity contribution in [2.75, 3.05) is 18.5 Å². The van der Waals surface area contributed by atoms with E-state index >= 15 is 0 Å². The van der Waals surface area contributed by atoms with Gasteiger partial charge in [-0.3, -0.25) is 4.98 Å². The molecule has 0 saturated carbocycles. The topological polar surface area (TPSA) is 90.3 Å². The number of anilines is 1. The number of carbonyl (C=O) groups is 1. The number of hydrogen-bond donors (Lipinski definition) is 2. The van der Waals surface area contributed by atoms with Crippen molar-refractivity contribution >= 4 is 30.8 Å². The number of pyridine rings is 2. The van der Waals surface area contributed by atoms with Crippen LogP contribution in [-0.2, 0) is 24.1 Å². The molecule has 1 aromatic carbocycles. The highest BCUT2D eigenvalue weighted by Gasteiger charge is 2.37. The second-order valence-electron chi connectivity index (χ2n) is 10.7. The van der Waals surface area contributed by atoms with E-state index in [1.54, 1.807) is 24.5 Å². The van der Waals surface area contributed by atoms with Gasteiger partial charge < -0.3 is 24.7 Å². The minimum Gasteiger partial charge on any atom is -0.450 e. The van der Waals surface area contributed by atoms with Crippen LogP contribution < -0.4 is 15.4 Å². The lowest BCUT2D eigenvalue weighted by atomic mass is 10.2. The van der Waals surface area contributed by atoms with Crippen molar-refractivity contribution in [3.05, 3.63) is 77.9 Å². The summed E-state index contributed by atoms with van der Waals surface area (Å²) < 4.78 is 84.0. The number of aromatic nitrogens is 3. The second-order valence-corrected chi connectivity index (χ2v) is 16.3. The molecule has 2 amide bonds. The molecule has 2 N–H and O–H groups in total. The van der Waals surface area contributed by atoms with Gasteiger partial charge in [-0.15, -0.1) is 0 Å². The largest absolute Gasteiger partial charge is 0.450 e. The summed E-state index contributed by atoms with van der Waals surface area (Å²) in [6.45, 7) is 6.87. The quantitative estimate of drug-likeness (QED) is 0.107. The van der Waals surface area contributed by atoms with Crippen LogP contribution in [0.5, 0.6) is 11.5 Å². The lowest BCUT2D eigenvalue weighted by Gasteiger charge is -2.15. The summed E-state index contributed by atoms with van der Waals surface area (Å²) in [6, 6.07) is 6.40. The van der Waals surface area contributed by atoms with Gasteiger partial charge in [-0.1, -0.05) is 19.6 Å². The molecule has 0 spiro atoms. The summed E-state index contributed by atoms with van der Waals surface area (Å²) in [5.74, 6) is -3.83. The molecule has 0 aliphatic rings. The number of nitrogens with one attached hydrogen (secondary N) is 2. The maximum absolute atomic E-state index is 15.0. The van der Waals surface area contributed by atoms with Crippen LogP contribution in [0.3, 0.4) is 0 Å². The van der Waals surface area contributed by atoms with Crippen LogP contribution in [0, 0.1) is 11.6 Å². The number of rotatable bonds is 11. The lowest BCUT2D eigenvalue weighted by molar-refractivity contribution is -0.136. The first kappa shape index (κ1) is 30.9. The van der Waals surface area contributed by atoms with E-state index in [9.17, 15) is 26.7 Å². The molecule has 14 heteroatoms. The number of benzene rings is 1. The van der Waals surface area contributed by atoms with E-state index in [0.29, 0.717) is 13.0 Å². The maximum Gasteiger partial charge on any atom is 0.418 e. The smallest absolute Gasteiger partial charge is 0.418 e. The Morgan fingerprint density at radius 1 is 1.05 bits per heavy atom. The molecule has 0 radical (unpaired) electrons. The predicted molar refractivity (Wildman–Crippen MR) is 150 cm³/mol. The van der Waals surface area contributed by atoms with E-state index in [1.807, 2.05) is 0 Å². The van der Waals surface area contributed by atoms with Crippen LogP contribution in [0.2, 0.25) is 25.7 Å². The Labute approximate surface area is 239 Å². The number of hydrogen-bond acceptors (Lipinski definition) is 5. The molecular weight excluding hydrogens is 577 g/mol. The van der Waals surface area contributed by atoms with Crippen molar-refractivity contribution < 1.29 is 36.2 Å². The molecule has 0 aliphatic carbocycles. The third-order valence-electron chi connectivity index (χ3n) is 6.17. The number of nitrogens with zero attached hydrogens (tertiary/aromatic N) is 3. The van der Waals surface area contributed by atoms with Gasteiger partial charge in [0.1, 0.15) is 18.1 Å². The van der Waals surface area contributed by atoms with E-state index in [-0.39, 0.29) is 24.6 Å². The Morgan fingerprint density at radius 3 is 2.38 bits per heavy atom. The summed E-state index contributed by atoms with van der Waals surface area (Å²) in [5.41, 5.74) is -0.476. The number of fused-ring (bicyclic) bond motifs is 1. The first-order valence-electron chi connectivity index (χ1n) is 13.1. The lowest BCUT2D eigenvalue weighted by Crippen LogP contribution is -2.30. The highest BCUT2D eigenvalue weighted by molar-refractivity contribution is 6.76. The van der Waals surface area contributed by atoms with Gasteiger partial charge in [-0.2, -0.15) is 13.2 Å². The summed E-state index contributed by atoms with van der Waals surface area (Å²) in [6.07, 6.45) is 0.957. The molecule has 0 saturated heterocycles. The maximum atomic E-state index is 15.0. The fourth-order valence-corrected chi connectivity index (χ4v) is 4.77. The van der Waals surface area contributed by atoms with E-state index in [0.717, 1.165) is 36.0 Å². The molecular formula is C28H30F5N5O3Si. The SMILES string of the molecule is C[Si](C)(C)CCOCn1cc(C(F)(F)F)c2c(Oc3c(F)cc(NC(=O)NCCc4ccncc4)cc3F)ccnc21. The van der Waals surface area contributed by atoms with Crippen molar-refractivity contribution in [1.82, 2.24) is 19.9 Å². The van der Waals surface area contributed by atoms with Crippen molar-refractivity contribution in [3.8, 4) is 11.5 Å². The summed E-state index contributed by atoms with van der Waals surface area (Å²) in [4.78, 5) is 20.1. The second kappa shape index (κ2) is 12.9. The third kappa shape index (κ3) is 8.03. The number of carbonyl (C=O) groups excluding carboxylic acids is 1. The Balaban J connectivity index is 1.51. The normalized spacial score (nSPS) is 12.0. The molecule has 224 valence electrons. The van der Waals surface area contributed by atoms with Crippen LogP contribution in [0.25, 0.3) is 11.0 Å². The van der Waals surface area contributed by atoms with Gasteiger partial charge in [0, 0.05) is 63.8 Å². The van der Waals surface area contributed by atoms with Crippen LogP contribution in [0.4, 0.5) is 32.4 Å². The average molecular weight is 608 g/mol. The monoisotopic (exact) mass is 607 g/mol. The van der Waals surface area contributed by atoms with E-state index in [2.05, 4.69) is 40.2 Å². The first-order valence-corrected chi connectivity index (χ1v) is 16.8. The fourth-order valence-electron chi connectivity index (χ4n) is 4.01. The Kier molecular flexibility index (Phi) is 9.46. The third-order valence-corrected chi connectivity index (χ3v) is 7.87. The summed E-state index contributed by atoms with van der Waals surface area (Å²) >= 11 is 0. The molecule has 3 aromatic heterocycles. The standard InChI is InChI=1S/C28H30F5N5O3Si/c1-42(2,3)13-12-40-17-38-16-20(28(31,32)33)24-23(7-11-35-26(24)38)41-25-21(29)14-19(15-22(25)30)37-27(39)36-10-6-18-4-8-34-9-5-18/h4-5,7-9,11,14-16H,6,10,12-13,17H2,1-3H3,(H2,36,37,39). The zero-order chi connectivity index (χ0) is 30.5.